The van der Waals surface area contributed by atoms with E-state index in [0.717, 1.165) is 11.3 Å². The highest BCUT2D eigenvalue weighted by Crippen LogP contribution is 2.22. The zero-order chi connectivity index (χ0) is 17.9. The van der Waals surface area contributed by atoms with E-state index < -0.39 is 0 Å². The molecular formula is C21H23N3O. The number of rotatable bonds is 4. The van der Waals surface area contributed by atoms with Crippen LogP contribution in [0.25, 0.3) is 5.69 Å². The molecule has 1 aromatic heterocycles. The van der Waals surface area contributed by atoms with Crippen LogP contribution in [0.5, 0.6) is 0 Å². The molecule has 0 bridgehead atoms. The van der Waals surface area contributed by atoms with Crippen LogP contribution in [-0.2, 0) is 12.0 Å². The molecule has 1 heterocycles. The highest BCUT2D eigenvalue weighted by Gasteiger charge is 2.14. The van der Waals surface area contributed by atoms with Gasteiger partial charge in [-0.25, -0.2) is 4.68 Å². The van der Waals surface area contributed by atoms with Crippen LogP contribution in [0, 0.1) is 0 Å². The first kappa shape index (κ1) is 17.0. The Kier molecular flexibility index (Phi) is 4.70. The average molecular weight is 333 g/mol. The quantitative estimate of drug-likeness (QED) is 0.781. The van der Waals surface area contributed by atoms with Gasteiger partial charge in [0, 0.05) is 23.9 Å². The van der Waals surface area contributed by atoms with E-state index in [1.807, 2.05) is 60.8 Å². The third kappa shape index (κ3) is 4.15. The molecule has 0 unspecified atom stereocenters. The van der Waals surface area contributed by atoms with E-state index in [1.54, 1.807) is 10.9 Å². The van der Waals surface area contributed by atoms with E-state index in [-0.39, 0.29) is 11.3 Å². The monoisotopic (exact) mass is 333 g/mol. The lowest BCUT2D eigenvalue weighted by Crippen LogP contribution is -2.22. The number of nitrogens with one attached hydrogen (secondary N) is 1. The van der Waals surface area contributed by atoms with Gasteiger partial charge in [0.25, 0.3) is 5.91 Å². The van der Waals surface area contributed by atoms with Crippen LogP contribution in [0.15, 0.2) is 67.0 Å². The molecular weight excluding hydrogens is 310 g/mol. The highest BCUT2D eigenvalue weighted by atomic mass is 16.1. The summed E-state index contributed by atoms with van der Waals surface area (Å²) in [4.78, 5) is 12.3. The SMILES string of the molecule is CC(C)(C)c1ccc(C(=O)NCc2cnn(-c3ccccc3)c2)cc1. The van der Waals surface area contributed by atoms with Gasteiger partial charge in [0.2, 0.25) is 0 Å². The molecule has 4 nitrogen and oxygen atoms in total. The van der Waals surface area contributed by atoms with Gasteiger partial charge in [-0.3, -0.25) is 4.79 Å². The van der Waals surface area contributed by atoms with Crippen molar-refractivity contribution in [1.29, 1.82) is 0 Å². The van der Waals surface area contributed by atoms with Crippen LogP contribution in [-0.4, -0.2) is 15.7 Å². The van der Waals surface area contributed by atoms with E-state index >= 15 is 0 Å². The van der Waals surface area contributed by atoms with E-state index in [2.05, 4.69) is 31.2 Å². The first-order valence-corrected chi connectivity index (χ1v) is 8.41. The fraction of sp³-hybridized carbons (Fsp3) is 0.238. The third-order valence-electron chi connectivity index (χ3n) is 4.12. The molecule has 3 rings (SSSR count). The summed E-state index contributed by atoms with van der Waals surface area (Å²) >= 11 is 0. The number of aromatic nitrogens is 2. The van der Waals surface area contributed by atoms with Crippen molar-refractivity contribution in [2.45, 2.75) is 32.7 Å². The molecule has 1 N–H and O–H groups in total. The van der Waals surface area contributed by atoms with Crippen LogP contribution in [0.1, 0.15) is 42.3 Å². The van der Waals surface area contributed by atoms with E-state index in [0.29, 0.717) is 12.1 Å². The summed E-state index contributed by atoms with van der Waals surface area (Å²) in [6.45, 7) is 6.93. The summed E-state index contributed by atoms with van der Waals surface area (Å²) in [6, 6.07) is 17.7. The van der Waals surface area contributed by atoms with Gasteiger partial charge in [-0.1, -0.05) is 51.1 Å². The first-order chi connectivity index (χ1) is 11.9. The highest BCUT2D eigenvalue weighted by molar-refractivity contribution is 5.94. The molecule has 1 amide bonds. The lowest BCUT2D eigenvalue weighted by molar-refractivity contribution is 0.0951. The van der Waals surface area contributed by atoms with Crippen molar-refractivity contribution in [3.8, 4) is 5.69 Å². The molecule has 0 saturated carbocycles. The van der Waals surface area contributed by atoms with Gasteiger partial charge in [-0.05, 0) is 35.2 Å². The Bertz CT molecular complexity index is 843. The van der Waals surface area contributed by atoms with Crippen molar-refractivity contribution < 1.29 is 4.79 Å². The van der Waals surface area contributed by atoms with Crippen LogP contribution in [0.4, 0.5) is 0 Å². The third-order valence-corrected chi connectivity index (χ3v) is 4.12. The number of amides is 1. The second kappa shape index (κ2) is 6.93. The smallest absolute Gasteiger partial charge is 0.251 e. The fourth-order valence-corrected chi connectivity index (χ4v) is 2.58. The summed E-state index contributed by atoms with van der Waals surface area (Å²) < 4.78 is 1.81. The van der Waals surface area contributed by atoms with Crippen LogP contribution >= 0.6 is 0 Å². The van der Waals surface area contributed by atoms with E-state index in [4.69, 9.17) is 0 Å². The van der Waals surface area contributed by atoms with Crippen molar-refractivity contribution in [3.63, 3.8) is 0 Å². The summed E-state index contributed by atoms with van der Waals surface area (Å²) in [7, 11) is 0. The van der Waals surface area contributed by atoms with Crippen molar-refractivity contribution >= 4 is 5.91 Å². The Labute approximate surface area is 148 Å². The van der Waals surface area contributed by atoms with E-state index in [1.165, 1.54) is 5.56 Å². The molecule has 25 heavy (non-hydrogen) atoms. The molecule has 0 spiro atoms. The van der Waals surface area contributed by atoms with Gasteiger partial charge in [0.1, 0.15) is 0 Å². The zero-order valence-electron chi connectivity index (χ0n) is 14.9. The van der Waals surface area contributed by atoms with Crippen LogP contribution < -0.4 is 5.32 Å². The number of para-hydroxylation sites is 1. The molecule has 0 aliphatic carbocycles. The average Bonchev–Trinajstić information content (AvgIpc) is 3.09. The molecule has 2 aromatic carbocycles. The van der Waals surface area contributed by atoms with Gasteiger partial charge in [-0.2, -0.15) is 5.10 Å². The molecule has 0 fully saturated rings. The van der Waals surface area contributed by atoms with Crippen LogP contribution in [0.2, 0.25) is 0 Å². The Morgan fingerprint density at radius 3 is 2.36 bits per heavy atom. The van der Waals surface area contributed by atoms with Crippen molar-refractivity contribution in [3.05, 3.63) is 83.7 Å². The lowest BCUT2D eigenvalue weighted by Gasteiger charge is -2.19. The molecule has 0 aliphatic heterocycles. The Balaban J connectivity index is 1.62. The molecule has 0 atom stereocenters. The van der Waals surface area contributed by atoms with Crippen molar-refractivity contribution in [2.75, 3.05) is 0 Å². The summed E-state index contributed by atoms with van der Waals surface area (Å²) in [5, 5.41) is 7.29. The number of carbonyl (C=O) groups excluding carboxylic acids is 1. The predicted molar refractivity (Wildman–Crippen MR) is 99.9 cm³/mol. The minimum absolute atomic E-state index is 0.0760. The minimum atomic E-state index is -0.0760. The van der Waals surface area contributed by atoms with Gasteiger partial charge in [-0.15, -0.1) is 0 Å². The number of benzene rings is 2. The largest absolute Gasteiger partial charge is 0.348 e. The standard InChI is InChI=1S/C21H23N3O/c1-21(2,3)18-11-9-17(10-12-18)20(25)22-13-16-14-23-24(15-16)19-7-5-4-6-8-19/h4-12,14-15H,13H2,1-3H3,(H,22,25). The predicted octanol–water partition coefficient (Wildman–Crippen LogP) is 4.10. The normalized spacial score (nSPS) is 11.3. The number of carbonyl (C=O) groups is 1. The molecule has 3 aromatic rings. The van der Waals surface area contributed by atoms with Crippen molar-refractivity contribution in [1.82, 2.24) is 15.1 Å². The zero-order valence-corrected chi connectivity index (χ0v) is 14.9. The van der Waals surface area contributed by atoms with Gasteiger partial charge in [0.05, 0.1) is 11.9 Å². The molecule has 128 valence electrons. The van der Waals surface area contributed by atoms with Crippen LogP contribution in [0.3, 0.4) is 0 Å². The molecule has 4 heteroatoms. The number of hydrogen-bond donors (Lipinski definition) is 1. The van der Waals surface area contributed by atoms with Gasteiger partial charge < -0.3 is 5.32 Å². The molecule has 0 aliphatic rings. The maximum absolute atomic E-state index is 12.3. The lowest BCUT2D eigenvalue weighted by atomic mass is 9.87. The van der Waals surface area contributed by atoms with Gasteiger partial charge in [0.15, 0.2) is 0 Å². The summed E-state index contributed by atoms with van der Waals surface area (Å²) in [6.07, 6.45) is 3.70. The van der Waals surface area contributed by atoms with E-state index in [9.17, 15) is 4.79 Å². The second-order valence-electron chi connectivity index (χ2n) is 7.14. The maximum Gasteiger partial charge on any atom is 0.251 e. The Hall–Kier alpha value is -2.88. The Morgan fingerprint density at radius 1 is 1.04 bits per heavy atom. The first-order valence-electron chi connectivity index (χ1n) is 8.41. The number of hydrogen-bond acceptors (Lipinski definition) is 2. The van der Waals surface area contributed by atoms with Gasteiger partial charge >= 0.3 is 0 Å². The topological polar surface area (TPSA) is 46.9 Å². The summed E-state index contributed by atoms with van der Waals surface area (Å²) in [5.74, 6) is -0.0760. The minimum Gasteiger partial charge on any atom is -0.348 e. The Morgan fingerprint density at radius 2 is 1.72 bits per heavy atom. The number of nitrogens with zero attached hydrogens (tertiary/aromatic N) is 2. The molecule has 0 radical (unpaired) electrons. The summed E-state index contributed by atoms with van der Waals surface area (Å²) in [5.41, 5.74) is 3.93. The van der Waals surface area contributed by atoms with Crippen molar-refractivity contribution in [2.24, 2.45) is 0 Å². The maximum atomic E-state index is 12.3. The molecule has 0 saturated heterocycles. The fourth-order valence-electron chi connectivity index (χ4n) is 2.58. The second-order valence-corrected chi connectivity index (χ2v) is 7.14.